The summed E-state index contributed by atoms with van der Waals surface area (Å²) in [5, 5.41) is 9.28. The molecule has 3 aromatic carbocycles. The van der Waals surface area contributed by atoms with Gasteiger partial charge in [-0.2, -0.15) is 0 Å². The molecule has 0 aliphatic carbocycles. The molecule has 2 N–H and O–H groups in total. The maximum absolute atomic E-state index is 12.3. The van der Waals surface area contributed by atoms with E-state index in [2.05, 4.69) is 21.0 Å². The van der Waals surface area contributed by atoms with Gasteiger partial charge in [0, 0.05) is 11.3 Å². The van der Waals surface area contributed by atoms with Crippen molar-refractivity contribution in [1.82, 2.24) is 25.6 Å². The molecule has 0 saturated carbocycles. The van der Waals surface area contributed by atoms with Crippen LogP contribution in [-0.4, -0.2) is 32.3 Å². The van der Waals surface area contributed by atoms with Gasteiger partial charge in [0.15, 0.2) is 11.0 Å². The van der Waals surface area contributed by atoms with Gasteiger partial charge in [-0.1, -0.05) is 90.1 Å². The number of hydrogen-bond acceptors (Lipinski definition) is 5. The van der Waals surface area contributed by atoms with Crippen LogP contribution in [0.5, 0.6) is 0 Å². The second-order valence-electron chi connectivity index (χ2n) is 7.39. The topological polar surface area (TPSA) is 88.9 Å². The number of rotatable bonds is 7. The van der Waals surface area contributed by atoms with Gasteiger partial charge in [-0.05, 0) is 24.6 Å². The molecule has 7 nitrogen and oxygen atoms in total. The number of hydrazine groups is 1. The fourth-order valence-corrected chi connectivity index (χ4v) is 3.95. The Balaban J connectivity index is 1.43. The number of nitrogens with zero attached hydrogens (tertiary/aromatic N) is 3. The van der Waals surface area contributed by atoms with Gasteiger partial charge >= 0.3 is 0 Å². The van der Waals surface area contributed by atoms with Gasteiger partial charge in [-0.15, -0.1) is 10.2 Å². The lowest BCUT2D eigenvalue weighted by Gasteiger charge is -2.11. The minimum absolute atomic E-state index is 0.0738. The van der Waals surface area contributed by atoms with Crippen LogP contribution in [0, 0.1) is 6.92 Å². The summed E-state index contributed by atoms with van der Waals surface area (Å²) in [4.78, 5) is 24.4. The summed E-state index contributed by atoms with van der Waals surface area (Å²) in [6, 6.07) is 27.2. The zero-order valence-electron chi connectivity index (χ0n) is 18.1. The Labute approximate surface area is 196 Å². The molecule has 0 aliphatic heterocycles. The van der Waals surface area contributed by atoms with Crippen molar-refractivity contribution in [2.75, 3.05) is 5.75 Å². The molecule has 0 unspecified atom stereocenters. The smallest absolute Gasteiger partial charge is 0.248 e. The van der Waals surface area contributed by atoms with Crippen LogP contribution < -0.4 is 10.9 Å². The van der Waals surface area contributed by atoms with Crippen LogP contribution in [0.3, 0.4) is 0 Å². The number of amides is 2. The van der Waals surface area contributed by atoms with Crippen molar-refractivity contribution in [1.29, 1.82) is 0 Å². The van der Waals surface area contributed by atoms with Crippen molar-refractivity contribution in [2.45, 2.75) is 18.5 Å². The van der Waals surface area contributed by atoms with Gasteiger partial charge in [0.1, 0.15) is 0 Å². The summed E-state index contributed by atoms with van der Waals surface area (Å²) in [7, 11) is 0. The summed E-state index contributed by atoms with van der Waals surface area (Å²) in [6.07, 6.45) is 0.191. The molecule has 0 spiro atoms. The third kappa shape index (κ3) is 5.87. The second kappa shape index (κ2) is 10.6. The lowest BCUT2D eigenvalue weighted by Crippen LogP contribution is -2.43. The number of aromatic nitrogens is 3. The van der Waals surface area contributed by atoms with E-state index < -0.39 is 0 Å². The van der Waals surface area contributed by atoms with E-state index in [-0.39, 0.29) is 24.0 Å². The molecular formula is C25H23N5O2S. The average Bonchev–Trinajstić information content (AvgIpc) is 3.27. The van der Waals surface area contributed by atoms with Crippen molar-refractivity contribution < 1.29 is 9.59 Å². The molecule has 4 aromatic rings. The van der Waals surface area contributed by atoms with Crippen molar-refractivity contribution in [3.63, 3.8) is 0 Å². The van der Waals surface area contributed by atoms with Gasteiger partial charge in [-0.25, -0.2) is 0 Å². The zero-order chi connectivity index (χ0) is 23.0. The number of carbonyl (C=O) groups is 2. The maximum Gasteiger partial charge on any atom is 0.248 e. The van der Waals surface area contributed by atoms with Gasteiger partial charge in [-0.3, -0.25) is 25.0 Å². The number of hydrogen-bond donors (Lipinski definition) is 2. The van der Waals surface area contributed by atoms with E-state index >= 15 is 0 Å². The predicted octanol–water partition coefficient (Wildman–Crippen LogP) is 3.72. The van der Waals surface area contributed by atoms with E-state index in [4.69, 9.17) is 0 Å². The molecular weight excluding hydrogens is 434 g/mol. The van der Waals surface area contributed by atoms with Crippen molar-refractivity contribution in [3.8, 4) is 17.1 Å². The van der Waals surface area contributed by atoms with Crippen LogP contribution in [0.4, 0.5) is 0 Å². The quantitative estimate of drug-likeness (QED) is 0.326. The standard InChI is InChI=1S/C25H23N5O2S/c1-18-12-14-21(15-13-18)30-24(20-10-6-3-7-11-20)28-29-25(30)33-17-23(32)27-26-22(31)16-19-8-4-2-5-9-19/h2-15H,16-17H2,1H3,(H,26,31)(H,27,32). The summed E-state index contributed by atoms with van der Waals surface area (Å²) in [5.41, 5.74) is 8.77. The average molecular weight is 458 g/mol. The van der Waals surface area contributed by atoms with Gasteiger partial charge in [0.25, 0.3) is 0 Å². The van der Waals surface area contributed by atoms with Crippen LogP contribution in [0.2, 0.25) is 0 Å². The highest BCUT2D eigenvalue weighted by molar-refractivity contribution is 7.99. The lowest BCUT2D eigenvalue weighted by atomic mass is 10.1. The van der Waals surface area contributed by atoms with Gasteiger partial charge < -0.3 is 0 Å². The Hall–Kier alpha value is -3.91. The van der Waals surface area contributed by atoms with E-state index in [0.29, 0.717) is 11.0 Å². The predicted molar refractivity (Wildman–Crippen MR) is 129 cm³/mol. The van der Waals surface area contributed by atoms with E-state index in [1.807, 2.05) is 96.4 Å². The molecule has 0 radical (unpaired) electrons. The first-order valence-corrected chi connectivity index (χ1v) is 11.4. The van der Waals surface area contributed by atoms with Gasteiger partial charge in [0.05, 0.1) is 12.2 Å². The molecule has 1 heterocycles. The maximum atomic E-state index is 12.3. The molecule has 0 fully saturated rings. The normalized spacial score (nSPS) is 10.6. The van der Waals surface area contributed by atoms with Crippen LogP contribution in [0.15, 0.2) is 90.1 Å². The first-order chi connectivity index (χ1) is 16.1. The molecule has 33 heavy (non-hydrogen) atoms. The van der Waals surface area contributed by atoms with Crippen LogP contribution in [0.1, 0.15) is 11.1 Å². The Morgan fingerprint density at radius 2 is 1.45 bits per heavy atom. The minimum atomic E-state index is -0.332. The Bertz CT molecular complexity index is 1220. The third-order valence-corrected chi connectivity index (χ3v) is 5.77. The molecule has 0 saturated heterocycles. The Morgan fingerprint density at radius 1 is 0.818 bits per heavy atom. The monoisotopic (exact) mass is 457 g/mol. The molecule has 1 aromatic heterocycles. The minimum Gasteiger partial charge on any atom is -0.273 e. The van der Waals surface area contributed by atoms with Crippen LogP contribution in [-0.2, 0) is 16.0 Å². The summed E-state index contributed by atoms with van der Waals surface area (Å²) < 4.78 is 1.93. The highest BCUT2D eigenvalue weighted by Gasteiger charge is 2.17. The fourth-order valence-electron chi connectivity index (χ4n) is 3.20. The summed E-state index contributed by atoms with van der Waals surface area (Å²) in [5.74, 6) is 0.151. The van der Waals surface area contributed by atoms with Crippen molar-refractivity contribution >= 4 is 23.6 Å². The first kappa shape index (κ1) is 22.3. The SMILES string of the molecule is Cc1ccc(-n2c(SCC(=O)NNC(=O)Cc3ccccc3)nnc2-c2ccccc2)cc1. The highest BCUT2D eigenvalue weighted by atomic mass is 32.2. The third-order valence-electron chi connectivity index (χ3n) is 4.84. The fraction of sp³-hybridized carbons (Fsp3) is 0.120. The summed E-state index contributed by atoms with van der Waals surface area (Å²) >= 11 is 1.25. The van der Waals surface area contributed by atoms with E-state index in [1.54, 1.807) is 0 Å². The zero-order valence-corrected chi connectivity index (χ0v) is 18.9. The number of nitrogens with one attached hydrogen (secondary N) is 2. The second-order valence-corrected chi connectivity index (χ2v) is 8.33. The molecule has 2 amide bonds. The Kier molecular flexibility index (Phi) is 7.16. The number of aryl methyl sites for hydroxylation is 1. The van der Waals surface area contributed by atoms with Gasteiger partial charge in [0.2, 0.25) is 11.8 Å². The highest BCUT2D eigenvalue weighted by Crippen LogP contribution is 2.28. The number of carbonyl (C=O) groups excluding carboxylic acids is 2. The number of thioether (sulfide) groups is 1. The van der Waals surface area contributed by atoms with E-state index in [1.165, 1.54) is 11.8 Å². The Morgan fingerprint density at radius 3 is 2.15 bits per heavy atom. The van der Waals surface area contributed by atoms with Crippen LogP contribution >= 0.6 is 11.8 Å². The number of benzene rings is 3. The molecule has 8 heteroatoms. The molecule has 166 valence electrons. The molecule has 0 aliphatic rings. The molecule has 4 rings (SSSR count). The van der Waals surface area contributed by atoms with Crippen LogP contribution in [0.25, 0.3) is 17.1 Å². The largest absolute Gasteiger partial charge is 0.273 e. The summed E-state index contributed by atoms with van der Waals surface area (Å²) in [6.45, 7) is 2.03. The van der Waals surface area contributed by atoms with E-state index in [0.717, 1.165) is 22.4 Å². The molecule has 0 atom stereocenters. The van der Waals surface area contributed by atoms with E-state index in [9.17, 15) is 9.59 Å². The van der Waals surface area contributed by atoms with Crippen molar-refractivity contribution in [3.05, 3.63) is 96.1 Å². The first-order valence-electron chi connectivity index (χ1n) is 10.4. The lowest BCUT2D eigenvalue weighted by molar-refractivity contribution is -0.127. The molecule has 0 bridgehead atoms. The van der Waals surface area contributed by atoms with Crippen molar-refractivity contribution in [2.24, 2.45) is 0 Å².